The second-order valence-corrected chi connectivity index (χ2v) is 5.98. The molecule has 1 aliphatic heterocycles. The van der Waals surface area contributed by atoms with Crippen LogP contribution in [-0.4, -0.2) is 67.8 Å². The molecule has 1 rings (SSSR count). The fourth-order valence-electron chi connectivity index (χ4n) is 2.61. The third kappa shape index (κ3) is 3.15. The van der Waals surface area contributed by atoms with Crippen molar-refractivity contribution in [1.82, 2.24) is 4.90 Å². The SMILES string of the molecule is CC(C)(C)O[C@@H]1CCCN(C(=O)O)[C@]1(C(=O)O)C(=O)C=[N+]=[N-]. The van der Waals surface area contributed by atoms with E-state index in [4.69, 9.17) is 10.3 Å². The summed E-state index contributed by atoms with van der Waals surface area (Å²) in [5.41, 5.74) is 5.30. The van der Waals surface area contributed by atoms with Crippen LogP contribution in [0.5, 0.6) is 0 Å². The molecule has 22 heavy (non-hydrogen) atoms. The van der Waals surface area contributed by atoms with E-state index in [1.807, 2.05) is 0 Å². The molecule has 9 nitrogen and oxygen atoms in total. The minimum atomic E-state index is -2.47. The Balaban J connectivity index is 3.51. The summed E-state index contributed by atoms with van der Waals surface area (Å²) in [6, 6.07) is 0. The number of carboxylic acids is 1. The normalized spacial score (nSPS) is 25.2. The highest BCUT2D eigenvalue weighted by molar-refractivity contribution is 6.36. The van der Waals surface area contributed by atoms with Crippen LogP contribution in [-0.2, 0) is 14.3 Å². The summed E-state index contributed by atoms with van der Waals surface area (Å²) in [4.78, 5) is 38.7. The number of aliphatic carboxylic acids is 1. The van der Waals surface area contributed by atoms with E-state index in [-0.39, 0.29) is 13.0 Å². The van der Waals surface area contributed by atoms with Crippen molar-refractivity contribution < 1.29 is 34.1 Å². The summed E-state index contributed by atoms with van der Waals surface area (Å²) in [5.74, 6) is -2.81. The van der Waals surface area contributed by atoms with Crippen LogP contribution in [0.2, 0.25) is 0 Å². The summed E-state index contributed by atoms with van der Waals surface area (Å²) >= 11 is 0. The van der Waals surface area contributed by atoms with Gasteiger partial charge in [0.25, 0.3) is 5.78 Å². The molecule has 1 amide bonds. The third-order valence-electron chi connectivity index (χ3n) is 3.34. The zero-order chi connectivity index (χ0) is 17.1. The van der Waals surface area contributed by atoms with E-state index in [1.54, 1.807) is 20.8 Å². The first-order valence-corrected chi connectivity index (χ1v) is 6.71. The van der Waals surface area contributed by atoms with Crippen molar-refractivity contribution in [2.75, 3.05) is 6.54 Å². The largest absolute Gasteiger partial charge is 0.479 e. The molecule has 1 saturated heterocycles. The topological polar surface area (TPSA) is 141 Å². The Labute approximate surface area is 127 Å². The molecule has 0 radical (unpaired) electrons. The highest BCUT2D eigenvalue weighted by Gasteiger charge is 2.62. The lowest BCUT2D eigenvalue weighted by Gasteiger charge is -2.46. The lowest BCUT2D eigenvalue weighted by molar-refractivity contribution is -0.183. The van der Waals surface area contributed by atoms with E-state index >= 15 is 0 Å². The number of ether oxygens (including phenoxy) is 1. The van der Waals surface area contributed by atoms with Crippen molar-refractivity contribution in [3.63, 3.8) is 0 Å². The maximum atomic E-state index is 12.3. The quantitative estimate of drug-likeness (QED) is 0.337. The van der Waals surface area contributed by atoms with Gasteiger partial charge in [0, 0.05) is 6.54 Å². The van der Waals surface area contributed by atoms with Crippen LogP contribution < -0.4 is 0 Å². The van der Waals surface area contributed by atoms with Crippen LogP contribution in [0.25, 0.3) is 5.53 Å². The summed E-state index contributed by atoms with van der Waals surface area (Å²) < 4.78 is 5.65. The number of rotatable bonds is 4. The molecule has 1 heterocycles. The summed E-state index contributed by atoms with van der Waals surface area (Å²) in [5, 5.41) is 18.9. The van der Waals surface area contributed by atoms with Crippen LogP contribution in [0, 0.1) is 0 Å². The van der Waals surface area contributed by atoms with Gasteiger partial charge in [0.1, 0.15) is 6.10 Å². The number of hydrogen-bond acceptors (Lipinski definition) is 4. The minimum Gasteiger partial charge on any atom is -0.479 e. The van der Waals surface area contributed by atoms with Gasteiger partial charge in [0.15, 0.2) is 0 Å². The number of carbonyl (C=O) groups excluding carboxylic acids is 1. The standard InChI is InChI=1S/C13H19N3O6/c1-12(2,3)22-9-5-4-6-16(11(20)21)13(9,10(18)19)8(17)7-15-14/h7,9H,4-6H2,1-3H3,(H,18,19)(H,20,21)/t9-,13-/m1/s1. The lowest BCUT2D eigenvalue weighted by Crippen LogP contribution is -2.72. The first-order chi connectivity index (χ1) is 10.1. The predicted molar refractivity (Wildman–Crippen MR) is 73.6 cm³/mol. The molecule has 2 atom stereocenters. The Kier molecular flexibility index (Phi) is 5.05. The average Bonchev–Trinajstić information content (AvgIpc) is 2.36. The molecule has 9 heteroatoms. The van der Waals surface area contributed by atoms with Gasteiger partial charge in [-0.05, 0) is 33.6 Å². The Morgan fingerprint density at radius 1 is 1.36 bits per heavy atom. The Hall–Kier alpha value is -2.25. The van der Waals surface area contributed by atoms with Gasteiger partial charge >= 0.3 is 18.3 Å². The number of likely N-dealkylation sites (tertiary alicyclic amines) is 1. The zero-order valence-electron chi connectivity index (χ0n) is 12.6. The van der Waals surface area contributed by atoms with Gasteiger partial charge in [0.2, 0.25) is 5.54 Å². The van der Waals surface area contributed by atoms with Crippen molar-refractivity contribution in [2.45, 2.75) is 50.9 Å². The monoisotopic (exact) mass is 313 g/mol. The Morgan fingerprint density at radius 3 is 2.36 bits per heavy atom. The first kappa shape index (κ1) is 17.8. The van der Waals surface area contributed by atoms with E-state index in [2.05, 4.69) is 4.79 Å². The molecule has 1 fully saturated rings. The second-order valence-electron chi connectivity index (χ2n) is 5.98. The molecule has 0 aromatic carbocycles. The molecule has 0 saturated carbocycles. The molecule has 0 aromatic rings. The van der Waals surface area contributed by atoms with Gasteiger partial charge in [0.05, 0.1) is 5.60 Å². The van der Waals surface area contributed by atoms with E-state index in [1.165, 1.54) is 0 Å². The maximum absolute atomic E-state index is 12.3. The molecular weight excluding hydrogens is 294 g/mol. The summed E-state index contributed by atoms with van der Waals surface area (Å²) in [6.45, 7) is 4.88. The van der Waals surface area contributed by atoms with Crippen LogP contribution in [0.15, 0.2) is 0 Å². The summed E-state index contributed by atoms with van der Waals surface area (Å²) in [6.07, 6.45) is -1.80. The molecule has 0 aromatic heterocycles. The highest BCUT2D eigenvalue weighted by atomic mass is 16.5. The summed E-state index contributed by atoms with van der Waals surface area (Å²) in [7, 11) is 0. The number of piperidine rings is 1. The first-order valence-electron chi connectivity index (χ1n) is 6.71. The smallest absolute Gasteiger partial charge is 0.408 e. The number of nitrogens with zero attached hydrogens (tertiary/aromatic N) is 3. The zero-order valence-corrected chi connectivity index (χ0v) is 12.6. The van der Waals surface area contributed by atoms with Crippen molar-refractivity contribution >= 4 is 24.1 Å². The van der Waals surface area contributed by atoms with Gasteiger partial charge in [-0.25, -0.2) is 9.59 Å². The number of Topliss-reactive ketones (excluding diaryl/α,β-unsaturated/α-hetero) is 1. The van der Waals surface area contributed by atoms with E-state index < -0.39 is 35.1 Å². The fourth-order valence-corrected chi connectivity index (χ4v) is 2.61. The predicted octanol–water partition coefficient (Wildman–Crippen LogP) is 0.637. The maximum Gasteiger partial charge on any atom is 0.408 e. The van der Waals surface area contributed by atoms with Gasteiger partial charge in [-0.2, -0.15) is 4.79 Å². The minimum absolute atomic E-state index is 0.128. The number of carboxylic acid groups (broad SMARTS) is 2. The highest BCUT2D eigenvalue weighted by Crippen LogP contribution is 2.34. The van der Waals surface area contributed by atoms with Crippen LogP contribution >= 0.6 is 0 Å². The van der Waals surface area contributed by atoms with E-state index in [0.29, 0.717) is 17.5 Å². The molecule has 1 aliphatic rings. The number of hydrogen-bond donors (Lipinski definition) is 2. The van der Waals surface area contributed by atoms with E-state index in [0.717, 1.165) is 0 Å². The lowest BCUT2D eigenvalue weighted by atomic mass is 9.80. The molecule has 0 spiro atoms. The Bertz CT molecular complexity index is 534. The van der Waals surface area contributed by atoms with Crippen molar-refractivity contribution in [3.8, 4) is 0 Å². The van der Waals surface area contributed by atoms with Crippen LogP contribution in [0.3, 0.4) is 0 Å². The molecular formula is C13H19N3O6. The van der Waals surface area contributed by atoms with Gasteiger partial charge in [-0.1, -0.05) is 0 Å². The number of amides is 1. The fraction of sp³-hybridized carbons (Fsp3) is 0.692. The molecule has 0 bridgehead atoms. The number of carbonyl (C=O) groups is 3. The van der Waals surface area contributed by atoms with Crippen molar-refractivity contribution in [1.29, 1.82) is 0 Å². The second kappa shape index (κ2) is 6.25. The molecule has 2 N–H and O–H groups in total. The van der Waals surface area contributed by atoms with Crippen LogP contribution in [0.1, 0.15) is 33.6 Å². The number of ketones is 1. The third-order valence-corrected chi connectivity index (χ3v) is 3.34. The molecule has 0 unspecified atom stereocenters. The van der Waals surface area contributed by atoms with Crippen molar-refractivity contribution in [3.05, 3.63) is 5.53 Å². The molecule has 122 valence electrons. The Morgan fingerprint density at radius 2 is 1.95 bits per heavy atom. The van der Waals surface area contributed by atoms with Gasteiger partial charge in [-0.15, -0.1) is 0 Å². The van der Waals surface area contributed by atoms with Gasteiger partial charge < -0.3 is 20.5 Å². The van der Waals surface area contributed by atoms with Crippen molar-refractivity contribution in [2.24, 2.45) is 0 Å². The average molecular weight is 313 g/mol. The van der Waals surface area contributed by atoms with Crippen LogP contribution in [0.4, 0.5) is 4.79 Å². The van der Waals surface area contributed by atoms with Gasteiger partial charge in [-0.3, -0.25) is 9.69 Å². The molecule has 0 aliphatic carbocycles. The van der Waals surface area contributed by atoms with E-state index in [9.17, 15) is 24.6 Å².